The molecule has 0 aliphatic heterocycles. The third-order valence-electron chi connectivity index (χ3n) is 3.24. The van der Waals surface area contributed by atoms with Crippen LogP contribution >= 0.6 is 0 Å². The van der Waals surface area contributed by atoms with Gasteiger partial charge in [0, 0.05) is 0 Å². The topological polar surface area (TPSA) is 9.23 Å². The molecule has 1 fully saturated rings. The summed E-state index contributed by atoms with van der Waals surface area (Å²) in [5, 5.41) is 0. The minimum atomic E-state index is 0.482. The molecule has 0 aromatic rings. The average Bonchev–Trinajstić information content (AvgIpc) is 2.28. The van der Waals surface area contributed by atoms with Gasteiger partial charge >= 0.3 is 0 Å². The van der Waals surface area contributed by atoms with Crippen LogP contribution in [-0.2, 0) is 4.74 Å². The molecule has 1 atom stereocenters. The van der Waals surface area contributed by atoms with Crippen LogP contribution in [0.3, 0.4) is 0 Å². The molecule has 1 saturated carbocycles. The van der Waals surface area contributed by atoms with Gasteiger partial charge in [0.2, 0.25) is 0 Å². The molecular formula is C14H26O. The molecular weight excluding hydrogens is 184 g/mol. The molecule has 0 radical (unpaired) electrons. The summed E-state index contributed by atoms with van der Waals surface area (Å²) in [5.74, 6) is 0. The lowest BCUT2D eigenvalue weighted by Gasteiger charge is -2.27. The summed E-state index contributed by atoms with van der Waals surface area (Å²) in [4.78, 5) is 0. The third kappa shape index (κ3) is 5.36. The van der Waals surface area contributed by atoms with Crippen molar-refractivity contribution in [3.05, 3.63) is 12.7 Å². The molecule has 88 valence electrons. The first kappa shape index (κ1) is 12.8. The predicted octanol–water partition coefficient (Wildman–Crippen LogP) is 4.47. The third-order valence-corrected chi connectivity index (χ3v) is 3.24. The molecule has 1 aliphatic carbocycles. The highest BCUT2D eigenvalue weighted by Crippen LogP contribution is 2.23. The van der Waals surface area contributed by atoms with E-state index < -0.39 is 0 Å². The normalized spacial score (nSPS) is 20.1. The molecule has 0 N–H and O–H groups in total. The fraction of sp³-hybridized carbons (Fsp3) is 0.857. The molecule has 0 amide bonds. The van der Waals surface area contributed by atoms with Crippen molar-refractivity contribution in [3.8, 4) is 0 Å². The van der Waals surface area contributed by atoms with Crippen molar-refractivity contribution in [3.63, 3.8) is 0 Å². The summed E-state index contributed by atoms with van der Waals surface area (Å²) >= 11 is 0. The molecule has 1 nitrogen and oxygen atoms in total. The number of hydrogen-bond acceptors (Lipinski definition) is 1. The largest absolute Gasteiger partial charge is 0.375 e. The summed E-state index contributed by atoms with van der Waals surface area (Å²) in [5.41, 5.74) is 0. The van der Waals surface area contributed by atoms with E-state index in [0.717, 1.165) is 12.8 Å². The second kappa shape index (κ2) is 7.92. The molecule has 0 heterocycles. The van der Waals surface area contributed by atoms with Gasteiger partial charge in [-0.15, -0.1) is 6.58 Å². The Morgan fingerprint density at radius 2 is 2.00 bits per heavy atom. The van der Waals surface area contributed by atoms with Crippen LogP contribution < -0.4 is 0 Å². The van der Waals surface area contributed by atoms with Crippen molar-refractivity contribution < 1.29 is 4.74 Å². The van der Waals surface area contributed by atoms with E-state index in [4.69, 9.17) is 4.74 Å². The molecule has 0 spiro atoms. The van der Waals surface area contributed by atoms with E-state index in [-0.39, 0.29) is 0 Å². The highest BCUT2D eigenvalue weighted by Gasteiger charge is 2.18. The van der Waals surface area contributed by atoms with Gasteiger partial charge in [-0.2, -0.15) is 0 Å². The molecule has 1 rings (SSSR count). The lowest BCUT2D eigenvalue weighted by Crippen LogP contribution is -2.24. The van der Waals surface area contributed by atoms with E-state index >= 15 is 0 Å². The zero-order chi connectivity index (χ0) is 10.9. The van der Waals surface area contributed by atoms with Gasteiger partial charge in [0.05, 0.1) is 12.2 Å². The standard InChI is InChI=1S/C14H26O/c1-3-5-10-13(9-4-2)15-14-11-7-6-8-12-14/h3,13-14H,1,4-12H2,2H3. The first-order valence-corrected chi connectivity index (χ1v) is 6.63. The quantitative estimate of drug-likeness (QED) is 0.563. The molecule has 0 saturated heterocycles. The molecule has 0 aromatic heterocycles. The summed E-state index contributed by atoms with van der Waals surface area (Å²) in [6.45, 7) is 6.03. The summed E-state index contributed by atoms with van der Waals surface area (Å²) < 4.78 is 6.19. The van der Waals surface area contributed by atoms with Crippen molar-refractivity contribution in [1.29, 1.82) is 0 Å². The van der Waals surface area contributed by atoms with Crippen LogP contribution in [0, 0.1) is 0 Å². The fourth-order valence-corrected chi connectivity index (χ4v) is 2.38. The molecule has 15 heavy (non-hydrogen) atoms. The van der Waals surface area contributed by atoms with Crippen LogP contribution in [0.4, 0.5) is 0 Å². The summed E-state index contributed by atoms with van der Waals surface area (Å²) in [7, 11) is 0. The zero-order valence-electron chi connectivity index (χ0n) is 10.2. The first-order chi connectivity index (χ1) is 7.36. The molecule has 1 aliphatic rings. The molecule has 0 aromatic carbocycles. The van der Waals surface area contributed by atoms with Crippen molar-refractivity contribution in [2.24, 2.45) is 0 Å². The summed E-state index contributed by atoms with van der Waals surface area (Å²) in [6.07, 6.45) is 14.5. The van der Waals surface area contributed by atoms with Gasteiger partial charge in [0.25, 0.3) is 0 Å². The van der Waals surface area contributed by atoms with Gasteiger partial charge in [-0.3, -0.25) is 0 Å². The van der Waals surface area contributed by atoms with Gasteiger partial charge in [-0.25, -0.2) is 0 Å². The van der Waals surface area contributed by atoms with E-state index in [2.05, 4.69) is 13.5 Å². The second-order valence-corrected chi connectivity index (χ2v) is 4.67. The maximum absolute atomic E-state index is 6.19. The minimum Gasteiger partial charge on any atom is -0.375 e. The highest BCUT2D eigenvalue weighted by molar-refractivity contribution is 4.73. The first-order valence-electron chi connectivity index (χ1n) is 6.63. The Bertz CT molecular complexity index is 159. The van der Waals surface area contributed by atoms with Crippen LogP contribution in [0.1, 0.15) is 64.7 Å². The van der Waals surface area contributed by atoms with Gasteiger partial charge in [0.1, 0.15) is 0 Å². The Morgan fingerprint density at radius 1 is 1.27 bits per heavy atom. The maximum atomic E-state index is 6.19. The Morgan fingerprint density at radius 3 is 2.60 bits per heavy atom. The molecule has 0 bridgehead atoms. The Hall–Kier alpha value is -0.300. The van der Waals surface area contributed by atoms with Gasteiger partial charge in [0.15, 0.2) is 0 Å². The smallest absolute Gasteiger partial charge is 0.0581 e. The lowest BCUT2D eigenvalue weighted by atomic mass is 9.97. The van der Waals surface area contributed by atoms with Gasteiger partial charge < -0.3 is 4.74 Å². The van der Waals surface area contributed by atoms with Crippen LogP contribution in [0.15, 0.2) is 12.7 Å². The SMILES string of the molecule is C=CCCC(CCC)OC1CCCCC1. The number of ether oxygens (including phenoxy) is 1. The van der Waals surface area contributed by atoms with Crippen molar-refractivity contribution in [2.75, 3.05) is 0 Å². The van der Waals surface area contributed by atoms with Crippen LogP contribution in [0.5, 0.6) is 0 Å². The monoisotopic (exact) mass is 210 g/mol. The van der Waals surface area contributed by atoms with Crippen LogP contribution in [0.2, 0.25) is 0 Å². The molecule has 1 unspecified atom stereocenters. The predicted molar refractivity (Wildman–Crippen MR) is 66.1 cm³/mol. The Balaban J connectivity index is 2.24. The van der Waals surface area contributed by atoms with Crippen LogP contribution in [-0.4, -0.2) is 12.2 Å². The summed E-state index contributed by atoms with van der Waals surface area (Å²) in [6, 6.07) is 0. The van der Waals surface area contributed by atoms with E-state index in [9.17, 15) is 0 Å². The zero-order valence-corrected chi connectivity index (χ0v) is 10.2. The fourth-order valence-electron chi connectivity index (χ4n) is 2.38. The number of allylic oxidation sites excluding steroid dienone is 1. The number of hydrogen-bond donors (Lipinski definition) is 0. The Kier molecular flexibility index (Phi) is 6.74. The average molecular weight is 210 g/mol. The van der Waals surface area contributed by atoms with E-state index in [1.165, 1.54) is 44.9 Å². The highest BCUT2D eigenvalue weighted by atomic mass is 16.5. The van der Waals surface area contributed by atoms with E-state index in [1.54, 1.807) is 0 Å². The lowest BCUT2D eigenvalue weighted by molar-refractivity contribution is -0.0367. The van der Waals surface area contributed by atoms with Gasteiger partial charge in [-0.1, -0.05) is 38.7 Å². The Labute approximate surface area is 94.9 Å². The number of rotatable bonds is 7. The van der Waals surface area contributed by atoms with Crippen LogP contribution in [0.25, 0.3) is 0 Å². The van der Waals surface area contributed by atoms with Crippen molar-refractivity contribution in [1.82, 2.24) is 0 Å². The maximum Gasteiger partial charge on any atom is 0.0581 e. The van der Waals surface area contributed by atoms with Crippen molar-refractivity contribution >= 4 is 0 Å². The van der Waals surface area contributed by atoms with Crippen molar-refractivity contribution in [2.45, 2.75) is 76.9 Å². The minimum absolute atomic E-state index is 0.482. The van der Waals surface area contributed by atoms with Gasteiger partial charge in [-0.05, 0) is 32.1 Å². The second-order valence-electron chi connectivity index (χ2n) is 4.67. The van der Waals surface area contributed by atoms with E-state index in [1.807, 2.05) is 6.08 Å². The van der Waals surface area contributed by atoms with E-state index in [0.29, 0.717) is 12.2 Å². The molecule has 1 heteroatoms.